The van der Waals surface area contributed by atoms with E-state index in [1.165, 1.54) is 25.1 Å². The molecule has 0 spiro atoms. The Balaban J connectivity index is 3.62. The number of aliphatic hydroxyl groups excluding tert-OH is 1. The molecule has 8 heavy (non-hydrogen) atoms. The van der Waals surface area contributed by atoms with Gasteiger partial charge in [-0.25, -0.2) is 0 Å². The van der Waals surface area contributed by atoms with Crippen LogP contribution < -0.4 is 0 Å². The molecule has 0 fully saturated rings. The van der Waals surface area contributed by atoms with Crippen LogP contribution in [-0.2, 0) is 0 Å². The second-order valence-electron chi connectivity index (χ2n) is 3.01. The second kappa shape index (κ2) is 3.63. The molecule has 0 heterocycles. The van der Waals surface area contributed by atoms with E-state index in [1.807, 2.05) is 0 Å². The van der Waals surface area contributed by atoms with Crippen molar-refractivity contribution in [2.24, 2.45) is 0 Å². The molecule has 44 valence electrons. The van der Waals surface area contributed by atoms with Crippen molar-refractivity contribution in [2.45, 2.75) is 25.0 Å². The zero-order valence-corrected chi connectivity index (χ0v) is 9.98. The van der Waals surface area contributed by atoms with E-state index in [-0.39, 0.29) is 0 Å². The van der Waals surface area contributed by atoms with Gasteiger partial charge >= 0.3 is 70.7 Å². The van der Waals surface area contributed by atoms with E-state index >= 15 is 0 Å². The monoisotopic (exact) mass is 186 g/mol. The van der Waals surface area contributed by atoms with Gasteiger partial charge in [-0.3, -0.25) is 0 Å². The summed E-state index contributed by atoms with van der Waals surface area (Å²) in [4.78, 5) is 0. The van der Waals surface area contributed by atoms with Crippen molar-refractivity contribution in [3.05, 3.63) is 0 Å². The van der Waals surface area contributed by atoms with Crippen LogP contribution in [0.1, 0.15) is 20.8 Å². The Morgan fingerprint density at radius 2 is 1.88 bits per heavy atom. The zero-order chi connectivity index (χ0) is 6.78. The molecule has 1 unspecified atom stereocenters. The van der Waals surface area contributed by atoms with Crippen molar-refractivity contribution < 1.29 is 5.11 Å². The standard InChI is InChI=1S/C5H12AsO.Na/c1-5(2,3)6-4-7;/h7H,4H2,1-3H3;/q-1;+1. The predicted molar refractivity (Wildman–Crippen MR) is 38.3 cm³/mol. The van der Waals surface area contributed by atoms with Gasteiger partial charge < -0.3 is 0 Å². The van der Waals surface area contributed by atoms with E-state index in [1.54, 1.807) is 0 Å². The Bertz CT molecular complexity index is 69.3. The van der Waals surface area contributed by atoms with E-state index in [9.17, 15) is 0 Å². The minimum atomic E-state index is -0.736. The van der Waals surface area contributed by atoms with E-state index < -0.39 is 10.1 Å². The first-order valence-corrected chi connectivity index (χ1v) is 11.6. The second-order valence-corrected chi connectivity index (χ2v) is 15.0. The van der Waals surface area contributed by atoms with Crippen LogP contribution in [0.4, 0.5) is 0 Å². The molecule has 0 aromatic heterocycles. The molecule has 1 nitrogen and oxygen atoms in total. The first kappa shape index (κ1) is 9.52. The SMILES string of the molecule is CC(C)(C)[As]([Na])CO. The average molecular weight is 186 g/mol. The molecular weight excluding hydrogens is 174 g/mol. The molecule has 0 saturated carbocycles. The van der Waals surface area contributed by atoms with E-state index in [0.29, 0.717) is 9.60 Å². The number of aliphatic hydroxyl groups is 1. The number of hydrogen-bond donors (Lipinski definition) is 1. The molecule has 0 aromatic rings. The Morgan fingerprint density at radius 3 is 1.88 bits per heavy atom. The third-order valence-corrected chi connectivity index (χ3v) is 15.5. The van der Waals surface area contributed by atoms with Crippen molar-refractivity contribution >= 4 is 35.2 Å². The van der Waals surface area contributed by atoms with Crippen LogP contribution in [0.5, 0.6) is 0 Å². The summed E-state index contributed by atoms with van der Waals surface area (Å²) >= 11 is 1.24. The van der Waals surface area contributed by atoms with Gasteiger partial charge in [0, 0.05) is 0 Å². The van der Waals surface area contributed by atoms with Crippen LogP contribution >= 0.6 is 0 Å². The average Bonchev–Trinajstić information content (AvgIpc) is 1.62. The molecule has 0 aliphatic rings. The summed E-state index contributed by atoms with van der Waals surface area (Å²) in [5.74, 6) is 0. The Morgan fingerprint density at radius 1 is 1.50 bits per heavy atom. The predicted octanol–water partition coefficient (Wildman–Crippen LogP) is 0.478. The topological polar surface area (TPSA) is 20.2 Å². The molecule has 0 radical (unpaired) electrons. The van der Waals surface area contributed by atoms with Crippen LogP contribution in [-0.4, -0.2) is 45.7 Å². The van der Waals surface area contributed by atoms with Crippen molar-refractivity contribution in [1.29, 1.82) is 0 Å². The molecule has 1 atom stereocenters. The van der Waals surface area contributed by atoms with Gasteiger partial charge in [0.25, 0.3) is 0 Å². The molecule has 0 amide bonds. The summed E-state index contributed by atoms with van der Waals surface area (Å²) in [5.41, 5.74) is 0. The third-order valence-electron chi connectivity index (χ3n) is 1.36. The fourth-order valence-electron chi connectivity index (χ4n) is 0.212. The van der Waals surface area contributed by atoms with Gasteiger partial charge in [0.2, 0.25) is 0 Å². The molecule has 0 bridgehead atoms. The van der Waals surface area contributed by atoms with Crippen LogP contribution in [0, 0.1) is 0 Å². The van der Waals surface area contributed by atoms with Gasteiger partial charge in [0.05, 0.1) is 0 Å². The van der Waals surface area contributed by atoms with Gasteiger partial charge in [-0.05, 0) is 0 Å². The van der Waals surface area contributed by atoms with Crippen molar-refractivity contribution in [1.82, 2.24) is 0 Å². The quantitative estimate of drug-likeness (QED) is 0.590. The van der Waals surface area contributed by atoms with Gasteiger partial charge in [0.15, 0.2) is 0 Å². The van der Waals surface area contributed by atoms with Gasteiger partial charge in [-0.15, -0.1) is 0 Å². The molecule has 0 rings (SSSR count). The first-order chi connectivity index (χ1) is 3.48. The molecule has 1 N–H and O–H groups in total. The summed E-state index contributed by atoms with van der Waals surface area (Å²) < 4.78 is 0.466. The molecule has 0 aliphatic carbocycles. The molecule has 0 aliphatic heterocycles. The maximum absolute atomic E-state index is 8.77. The first-order valence-electron chi connectivity index (χ1n) is 2.80. The normalized spacial score (nSPS) is 16.2. The van der Waals surface area contributed by atoms with Crippen LogP contribution in [0.15, 0.2) is 0 Å². The van der Waals surface area contributed by atoms with Crippen LogP contribution in [0.3, 0.4) is 0 Å². The van der Waals surface area contributed by atoms with Crippen LogP contribution in [0.2, 0.25) is 4.20 Å². The molecule has 0 aromatic carbocycles. The third kappa shape index (κ3) is 3.53. The van der Waals surface area contributed by atoms with E-state index in [2.05, 4.69) is 20.8 Å². The minimum absolute atomic E-state index is 0.466. The number of hydrogen-bond acceptors (Lipinski definition) is 1. The summed E-state index contributed by atoms with van der Waals surface area (Å²) in [6.45, 7) is 6.70. The maximum atomic E-state index is 8.77. The van der Waals surface area contributed by atoms with Crippen LogP contribution in [0.25, 0.3) is 0 Å². The Labute approximate surface area is 70.1 Å². The summed E-state index contributed by atoms with van der Waals surface area (Å²) in [7, 11) is -0.736. The Hall–Kier alpha value is 1.52. The van der Waals surface area contributed by atoms with Crippen molar-refractivity contribution in [3.8, 4) is 0 Å². The molecule has 3 heteroatoms. The van der Waals surface area contributed by atoms with Gasteiger partial charge in [-0.2, -0.15) is 0 Å². The summed E-state index contributed by atoms with van der Waals surface area (Å²) in [6.07, 6.45) is 0. The zero-order valence-electron chi connectivity index (χ0n) is 6.10. The van der Waals surface area contributed by atoms with Gasteiger partial charge in [-0.1, -0.05) is 0 Å². The number of rotatable bonds is 1. The fourth-order valence-corrected chi connectivity index (χ4v) is 1.10. The Kier molecular flexibility index (Phi) is 4.32. The molecular formula is C5H12AsNaO. The summed E-state index contributed by atoms with van der Waals surface area (Å²) in [6, 6.07) is 0. The summed E-state index contributed by atoms with van der Waals surface area (Å²) in [5, 5.41) is 9.27. The molecule has 0 saturated heterocycles. The fraction of sp³-hybridized carbons (Fsp3) is 1.00. The van der Waals surface area contributed by atoms with Gasteiger partial charge in [0.1, 0.15) is 0 Å². The van der Waals surface area contributed by atoms with Crippen molar-refractivity contribution in [3.63, 3.8) is 0 Å². The van der Waals surface area contributed by atoms with Crippen molar-refractivity contribution in [2.75, 3.05) is 5.39 Å². The van der Waals surface area contributed by atoms with E-state index in [0.717, 1.165) is 0 Å². The van der Waals surface area contributed by atoms with E-state index in [4.69, 9.17) is 5.11 Å².